The molecule has 0 bridgehead atoms. The molecule has 28 heavy (non-hydrogen) atoms. The fraction of sp³-hybridized carbons (Fsp3) is 0.250. The topological polar surface area (TPSA) is 102 Å². The molecule has 0 fully saturated rings. The van der Waals surface area contributed by atoms with Crippen molar-refractivity contribution in [2.75, 3.05) is 17.2 Å². The van der Waals surface area contributed by atoms with Gasteiger partial charge in [-0.3, -0.25) is 0 Å². The van der Waals surface area contributed by atoms with Gasteiger partial charge in [0.25, 0.3) is 0 Å². The van der Waals surface area contributed by atoms with Gasteiger partial charge in [0.05, 0.1) is 6.61 Å². The van der Waals surface area contributed by atoms with E-state index in [0.29, 0.717) is 23.2 Å². The molecule has 0 atom stereocenters. The molecule has 144 valence electrons. The molecule has 3 rings (SSSR count). The van der Waals surface area contributed by atoms with Gasteiger partial charge in [0.1, 0.15) is 17.2 Å². The Morgan fingerprint density at radius 3 is 2.18 bits per heavy atom. The van der Waals surface area contributed by atoms with Gasteiger partial charge >= 0.3 is 5.97 Å². The van der Waals surface area contributed by atoms with Crippen LogP contribution in [0.3, 0.4) is 0 Å². The van der Waals surface area contributed by atoms with Crippen LogP contribution < -0.4 is 10.6 Å². The van der Waals surface area contributed by atoms with Gasteiger partial charge < -0.3 is 15.4 Å². The Morgan fingerprint density at radius 1 is 0.964 bits per heavy atom. The number of aryl methyl sites for hydroxylation is 3. The second-order valence-electron chi connectivity index (χ2n) is 6.20. The van der Waals surface area contributed by atoms with Crippen molar-refractivity contribution >= 4 is 29.1 Å². The average Bonchev–Trinajstić information content (AvgIpc) is 2.63. The van der Waals surface area contributed by atoms with Crippen LogP contribution in [0.15, 0.2) is 36.5 Å². The number of rotatable bonds is 6. The number of hydrogen-bond acceptors (Lipinski definition) is 8. The van der Waals surface area contributed by atoms with Crippen LogP contribution in [0.5, 0.6) is 0 Å². The van der Waals surface area contributed by atoms with Gasteiger partial charge in [0.2, 0.25) is 5.95 Å². The van der Waals surface area contributed by atoms with Crippen LogP contribution >= 0.6 is 0 Å². The first-order valence-corrected chi connectivity index (χ1v) is 8.91. The third-order valence-corrected chi connectivity index (χ3v) is 3.79. The van der Waals surface area contributed by atoms with Crippen molar-refractivity contribution < 1.29 is 9.53 Å². The fourth-order valence-corrected chi connectivity index (χ4v) is 2.61. The summed E-state index contributed by atoms with van der Waals surface area (Å²) < 4.78 is 5.07. The molecule has 2 N–H and O–H groups in total. The lowest BCUT2D eigenvalue weighted by Crippen LogP contribution is -2.11. The third-order valence-electron chi connectivity index (χ3n) is 3.79. The summed E-state index contributed by atoms with van der Waals surface area (Å²) in [4.78, 5) is 29.3. The maximum atomic E-state index is 12.1. The number of esters is 1. The van der Waals surface area contributed by atoms with E-state index in [9.17, 15) is 4.79 Å². The quantitative estimate of drug-likeness (QED) is 0.624. The van der Waals surface area contributed by atoms with Gasteiger partial charge in [-0.15, -0.1) is 0 Å². The number of carbonyl (C=O) groups is 1. The molecular weight excluding hydrogens is 356 g/mol. The van der Waals surface area contributed by atoms with Crippen molar-refractivity contribution in [1.29, 1.82) is 0 Å². The van der Waals surface area contributed by atoms with Gasteiger partial charge in [-0.05, 0) is 58.0 Å². The predicted molar refractivity (Wildman–Crippen MR) is 107 cm³/mol. The standard InChI is InChI=1S/C20H22N6O2/c1-5-28-19(27)17-11-21-14(4)24-18(17)25-15-6-8-16(9-7-15)26-20-22-12(2)10-13(3)23-20/h6-11H,5H2,1-4H3,(H,21,24,25)(H,22,23,26). The Hall–Kier alpha value is -3.55. The molecule has 3 aromatic rings. The van der Waals surface area contributed by atoms with Crippen LogP contribution in [0.2, 0.25) is 0 Å². The first kappa shape index (κ1) is 19.2. The lowest BCUT2D eigenvalue weighted by atomic mass is 10.2. The summed E-state index contributed by atoms with van der Waals surface area (Å²) in [6.07, 6.45) is 1.47. The van der Waals surface area contributed by atoms with Crippen molar-refractivity contribution in [3.63, 3.8) is 0 Å². The van der Waals surface area contributed by atoms with Gasteiger partial charge in [0.15, 0.2) is 0 Å². The van der Waals surface area contributed by atoms with Crippen molar-refractivity contribution in [2.45, 2.75) is 27.7 Å². The van der Waals surface area contributed by atoms with Crippen LogP contribution in [-0.4, -0.2) is 32.5 Å². The molecule has 0 spiro atoms. The summed E-state index contributed by atoms with van der Waals surface area (Å²) >= 11 is 0. The minimum absolute atomic E-state index is 0.285. The Bertz CT molecular complexity index is 968. The predicted octanol–water partition coefficient (Wildman–Crippen LogP) is 3.86. The maximum absolute atomic E-state index is 12.1. The largest absolute Gasteiger partial charge is 0.462 e. The molecule has 8 nitrogen and oxygen atoms in total. The normalized spacial score (nSPS) is 10.4. The lowest BCUT2D eigenvalue weighted by Gasteiger charge is -2.12. The summed E-state index contributed by atoms with van der Waals surface area (Å²) in [7, 11) is 0. The van der Waals surface area contributed by atoms with Crippen molar-refractivity contribution in [3.8, 4) is 0 Å². The summed E-state index contributed by atoms with van der Waals surface area (Å²) in [5.74, 6) is 1.05. The number of aromatic nitrogens is 4. The molecule has 0 saturated carbocycles. The Labute approximate surface area is 163 Å². The number of nitrogens with one attached hydrogen (secondary N) is 2. The molecular formula is C20H22N6O2. The summed E-state index contributed by atoms with van der Waals surface area (Å²) in [5, 5.41) is 6.33. The van der Waals surface area contributed by atoms with Crippen LogP contribution in [0, 0.1) is 20.8 Å². The maximum Gasteiger partial charge on any atom is 0.343 e. The second-order valence-corrected chi connectivity index (χ2v) is 6.20. The van der Waals surface area contributed by atoms with E-state index in [1.54, 1.807) is 13.8 Å². The molecule has 0 aliphatic heterocycles. The van der Waals surface area contributed by atoms with Crippen LogP contribution in [0.1, 0.15) is 34.5 Å². The van der Waals surface area contributed by atoms with Gasteiger partial charge in [-0.1, -0.05) is 0 Å². The van der Waals surface area contributed by atoms with Crippen LogP contribution in [0.4, 0.5) is 23.1 Å². The Balaban J connectivity index is 1.77. The molecule has 1 aromatic carbocycles. The number of hydrogen-bond donors (Lipinski definition) is 2. The average molecular weight is 378 g/mol. The lowest BCUT2D eigenvalue weighted by molar-refractivity contribution is 0.0526. The third kappa shape index (κ3) is 4.79. The second kappa shape index (κ2) is 8.43. The van der Waals surface area contributed by atoms with Crippen LogP contribution in [-0.2, 0) is 4.74 Å². The molecule has 2 heterocycles. The monoisotopic (exact) mass is 378 g/mol. The van der Waals surface area contributed by atoms with E-state index in [-0.39, 0.29) is 6.61 Å². The van der Waals surface area contributed by atoms with Gasteiger partial charge in [-0.2, -0.15) is 0 Å². The summed E-state index contributed by atoms with van der Waals surface area (Å²) in [5.41, 5.74) is 3.71. The highest BCUT2D eigenvalue weighted by Gasteiger charge is 2.15. The van der Waals surface area contributed by atoms with E-state index in [0.717, 1.165) is 22.8 Å². The van der Waals surface area contributed by atoms with E-state index < -0.39 is 5.97 Å². The highest BCUT2D eigenvalue weighted by atomic mass is 16.5. The highest BCUT2D eigenvalue weighted by molar-refractivity contribution is 5.95. The van der Waals surface area contributed by atoms with Crippen LogP contribution in [0.25, 0.3) is 0 Å². The molecule has 0 radical (unpaired) electrons. The van der Waals surface area contributed by atoms with Gasteiger partial charge in [-0.25, -0.2) is 24.7 Å². The number of anilines is 4. The SMILES string of the molecule is CCOC(=O)c1cnc(C)nc1Nc1ccc(Nc2nc(C)cc(C)n2)cc1. The minimum Gasteiger partial charge on any atom is -0.462 e. The van der Waals surface area contributed by atoms with Crippen molar-refractivity contribution in [3.05, 3.63) is 59.3 Å². The molecule has 0 unspecified atom stereocenters. The zero-order valence-electron chi connectivity index (χ0n) is 16.3. The van der Waals surface area contributed by atoms with E-state index in [2.05, 4.69) is 30.6 Å². The molecule has 0 aliphatic rings. The smallest absolute Gasteiger partial charge is 0.343 e. The van der Waals surface area contributed by atoms with E-state index in [1.807, 2.05) is 44.2 Å². The highest BCUT2D eigenvalue weighted by Crippen LogP contribution is 2.22. The number of carbonyl (C=O) groups excluding carboxylic acids is 1. The molecule has 0 aliphatic carbocycles. The van der Waals surface area contributed by atoms with Gasteiger partial charge in [0, 0.05) is 29.0 Å². The molecule has 0 saturated heterocycles. The van der Waals surface area contributed by atoms with E-state index >= 15 is 0 Å². The summed E-state index contributed by atoms with van der Waals surface area (Å²) in [6, 6.07) is 9.45. The number of ether oxygens (including phenoxy) is 1. The van der Waals surface area contributed by atoms with E-state index in [4.69, 9.17) is 4.74 Å². The fourth-order valence-electron chi connectivity index (χ4n) is 2.61. The zero-order valence-corrected chi connectivity index (χ0v) is 16.3. The number of benzene rings is 1. The van der Waals surface area contributed by atoms with Crippen molar-refractivity contribution in [2.24, 2.45) is 0 Å². The first-order chi connectivity index (χ1) is 13.4. The summed E-state index contributed by atoms with van der Waals surface area (Å²) in [6.45, 7) is 7.66. The zero-order chi connectivity index (χ0) is 20.1. The Kier molecular flexibility index (Phi) is 5.78. The Morgan fingerprint density at radius 2 is 1.57 bits per heavy atom. The molecule has 0 amide bonds. The van der Waals surface area contributed by atoms with Crippen molar-refractivity contribution in [1.82, 2.24) is 19.9 Å². The molecule has 8 heteroatoms. The first-order valence-electron chi connectivity index (χ1n) is 8.91. The number of nitrogens with zero attached hydrogens (tertiary/aromatic N) is 4. The van der Waals surface area contributed by atoms with E-state index in [1.165, 1.54) is 6.20 Å². The molecule has 2 aromatic heterocycles. The minimum atomic E-state index is -0.463.